The molecule has 0 unspecified atom stereocenters. The van der Waals surface area contributed by atoms with Crippen molar-refractivity contribution < 1.29 is 13.5 Å². The monoisotopic (exact) mass is 310 g/mol. The summed E-state index contributed by atoms with van der Waals surface area (Å²) in [5.41, 5.74) is 1.52. The molecule has 0 aliphatic carbocycles. The average molecular weight is 310 g/mol. The Balaban J connectivity index is 1.64. The van der Waals surface area contributed by atoms with Crippen LogP contribution in [0.15, 0.2) is 24.3 Å². The van der Waals surface area contributed by atoms with E-state index in [0.717, 1.165) is 26.2 Å². The lowest BCUT2D eigenvalue weighted by Gasteiger charge is -2.44. The first-order valence-electron chi connectivity index (χ1n) is 8.05. The number of likely N-dealkylation sites (tertiary alicyclic amines) is 2. The topological polar surface area (TPSA) is 15.7 Å². The Hall–Kier alpha value is -1.20. The van der Waals surface area contributed by atoms with E-state index < -0.39 is 6.61 Å². The summed E-state index contributed by atoms with van der Waals surface area (Å²) in [7, 11) is 2.19. The lowest BCUT2D eigenvalue weighted by atomic mass is 9.85. The van der Waals surface area contributed by atoms with Crippen LogP contribution in [0.1, 0.15) is 31.2 Å². The first-order valence-corrected chi connectivity index (χ1v) is 8.05. The maximum absolute atomic E-state index is 12.2. The van der Waals surface area contributed by atoms with Crippen LogP contribution < -0.4 is 4.74 Å². The molecule has 2 heterocycles. The zero-order chi connectivity index (χ0) is 15.6. The highest BCUT2D eigenvalue weighted by atomic mass is 19.3. The minimum Gasteiger partial charge on any atom is -0.435 e. The van der Waals surface area contributed by atoms with Gasteiger partial charge in [0, 0.05) is 12.1 Å². The van der Waals surface area contributed by atoms with Gasteiger partial charge < -0.3 is 9.64 Å². The predicted molar refractivity (Wildman–Crippen MR) is 82.2 cm³/mol. The zero-order valence-corrected chi connectivity index (χ0v) is 13.1. The van der Waals surface area contributed by atoms with E-state index in [0.29, 0.717) is 5.54 Å². The second kappa shape index (κ2) is 6.50. The maximum Gasteiger partial charge on any atom is 0.387 e. The minimum absolute atomic E-state index is 0.231. The van der Waals surface area contributed by atoms with Crippen LogP contribution in [0.25, 0.3) is 0 Å². The first kappa shape index (κ1) is 15.7. The van der Waals surface area contributed by atoms with E-state index in [1.54, 1.807) is 12.1 Å². The van der Waals surface area contributed by atoms with Crippen LogP contribution in [0.3, 0.4) is 0 Å². The number of benzene rings is 1. The van der Waals surface area contributed by atoms with Crippen LogP contribution in [-0.2, 0) is 6.54 Å². The van der Waals surface area contributed by atoms with Gasteiger partial charge in [-0.1, -0.05) is 12.1 Å². The Morgan fingerprint density at radius 1 is 1.09 bits per heavy atom. The molecule has 0 atom stereocenters. The van der Waals surface area contributed by atoms with Crippen molar-refractivity contribution >= 4 is 0 Å². The van der Waals surface area contributed by atoms with Crippen molar-refractivity contribution in [3.05, 3.63) is 29.8 Å². The van der Waals surface area contributed by atoms with Gasteiger partial charge in [-0.25, -0.2) is 0 Å². The van der Waals surface area contributed by atoms with Crippen LogP contribution in [0.2, 0.25) is 0 Å². The van der Waals surface area contributed by atoms with E-state index in [-0.39, 0.29) is 5.75 Å². The molecule has 0 saturated carbocycles. The number of halogens is 2. The molecule has 0 radical (unpaired) electrons. The Morgan fingerprint density at radius 3 is 2.41 bits per heavy atom. The number of hydrogen-bond acceptors (Lipinski definition) is 3. The molecule has 2 aliphatic heterocycles. The molecule has 0 aromatic heterocycles. The molecule has 2 saturated heterocycles. The van der Waals surface area contributed by atoms with Gasteiger partial charge >= 0.3 is 6.61 Å². The molecule has 22 heavy (non-hydrogen) atoms. The molecule has 122 valence electrons. The normalized spacial score (nSPS) is 22.5. The van der Waals surface area contributed by atoms with E-state index in [1.807, 2.05) is 12.1 Å². The van der Waals surface area contributed by atoms with Crippen molar-refractivity contribution in [1.29, 1.82) is 0 Å². The van der Waals surface area contributed by atoms with Gasteiger partial charge in [0.15, 0.2) is 0 Å². The van der Waals surface area contributed by atoms with Crippen molar-refractivity contribution in [3.63, 3.8) is 0 Å². The highest BCUT2D eigenvalue weighted by Gasteiger charge is 2.42. The molecule has 3 rings (SSSR count). The van der Waals surface area contributed by atoms with Crippen molar-refractivity contribution in [1.82, 2.24) is 9.80 Å². The second-order valence-electron chi connectivity index (χ2n) is 6.58. The van der Waals surface area contributed by atoms with Crippen LogP contribution >= 0.6 is 0 Å². The molecule has 3 nitrogen and oxygen atoms in total. The van der Waals surface area contributed by atoms with Gasteiger partial charge in [-0.3, -0.25) is 4.90 Å². The predicted octanol–water partition coefficient (Wildman–Crippen LogP) is 3.35. The van der Waals surface area contributed by atoms with Crippen LogP contribution in [0.4, 0.5) is 8.78 Å². The van der Waals surface area contributed by atoms with Crippen molar-refractivity contribution in [2.45, 2.75) is 44.4 Å². The van der Waals surface area contributed by atoms with Crippen LogP contribution in [0.5, 0.6) is 5.75 Å². The van der Waals surface area contributed by atoms with Crippen molar-refractivity contribution in [2.24, 2.45) is 0 Å². The summed E-state index contributed by atoms with van der Waals surface area (Å²) in [6.07, 6.45) is 5.01. The van der Waals surface area contributed by atoms with E-state index in [9.17, 15) is 8.78 Å². The molecule has 1 aromatic carbocycles. The lowest BCUT2D eigenvalue weighted by molar-refractivity contribution is -0.0498. The lowest BCUT2D eigenvalue weighted by Crippen LogP contribution is -2.50. The summed E-state index contributed by atoms with van der Waals surface area (Å²) in [5, 5.41) is 0. The Bertz CT molecular complexity index is 484. The third-order valence-corrected chi connectivity index (χ3v) is 5.18. The van der Waals surface area contributed by atoms with Gasteiger partial charge in [-0.15, -0.1) is 0 Å². The molecule has 2 aliphatic rings. The van der Waals surface area contributed by atoms with Gasteiger partial charge in [-0.05, 0) is 70.1 Å². The Morgan fingerprint density at radius 2 is 1.77 bits per heavy atom. The van der Waals surface area contributed by atoms with Crippen molar-refractivity contribution in [2.75, 3.05) is 26.7 Å². The quantitative estimate of drug-likeness (QED) is 0.848. The molecule has 1 spiro atoms. The molecule has 5 heteroatoms. The van der Waals surface area contributed by atoms with Crippen LogP contribution in [0, 0.1) is 0 Å². The summed E-state index contributed by atoms with van der Waals surface area (Å²) in [5.74, 6) is 0.231. The van der Waals surface area contributed by atoms with E-state index in [2.05, 4.69) is 21.6 Å². The maximum atomic E-state index is 12.2. The highest BCUT2D eigenvalue weighted by molar-refractivity contribution is 5.27. The molecule has 0 bridgehead atoms. The number of piperidine rings is 1. The van der Waals surface area contributed by atoms with Gasteiger partial charge in [0.1, 0.15) is 5.75 Å². The zero-order valence-electron chi connectivity index (χ0n) is 13.1. The van der Waals surface area contributed by atoms with Gasteiger partial charge in [-0.2, -0.15) is 8.78 Å². The summed E-state index contributed by atoms with van der Waals surface area (Å²) in [4.78, 5) is 5.00. The number of nitrogens with zero attached hydrogens (tertiary/aromatic N) is 2. The fourth-order valence-corrected chi connectivity index (χ4v) is 3.84. The third-order valence-electron chi connectivity index (χ3n) is 5.18. The standard InChI is InChI=1S/C17H24F2N2O/c1-20-11-8-17(9-12-20)7-2-10-21(17)13-14-3-5-15(6-4-14)22-16(18)19/h3-6,16H,2,7-13H2,1H3. The molecular weight excluding hydrogens is 286 g/mol. The van der Waals surface area contributed by atoms with Gasteiger partial charge in [0.2, 0.25) is 0 Å². The molecule has 1 aromatic rings. The minimum atomic E-state index is -2.76. The SMILES string of the molecule is CN1CCC2(CCCN2Cc2ccc(OC(F)F)cc2)CC1. The molecule has 0 amide bonds. The van der Waals surface area contributed by atoms with Gasteiger partial charge in [0.05, 0.1) is 0 Å². The second-order valence-corrected chi connectivity index (χ2v) is 6.58. The summed E-state index contributed by atoms with van der Waals surface area (Å²) >= 11 is 0. The number of alkyl halides is 2. The van der Waals surface area contributed by atoms with Crippen molar-refractivity contribution in [3.8, 4) is 5.75 Å². The fourth-order valence-electron chi connectivity index (χ4n) is 3.84. The largest absolute Gasteiger partial charge is 0.435 e. The first-order chi connectivity index (χ1) is 10.6. The number of hydrogen-bond donors (Lipinski definition) is 0. The third kappa shape index (κ3) is 3.41. The summed E-state index contributed by atoms with van der Waals surface area (Å²) < 4.78 is 28.8. The van der Waals surface area contributed by atoms with E-state index >= 15 is 0 Å². The highest BCUT2D eigenvalue weighted by Crippen LogP contribution is 2.39. The molecule has 0 N–H and O–H groups in total. The van der Waals surface area contributed by atoms with E-state index in [4.69, 9.17) is 0 Å². The number of rotatable bonds is 4. The van der Waals surface area contributed by atoms with E-state index in [1.165, 1.54) is 31.2 Å². The smallest absolute Gasteiger partial charge is 0.387 e. The average Bonchev–Trinajstić information content (AvgIpc) is 2.87. The summed E-state index contributed by atoms with van der Waals surface area (Å²) in [6.45, 7) is 1.61. The Kier molecular flexibility index (Phi) is 4.64. The Labute approximate surface area is 130 Å². The molecular formula is C17H24F2N2O. The summed E-state index contributed by atoms with van der Waals surface area (Å²) in [6, 6.07) is 7.08. The fraction of sp³-hybridized carbons (Fsp3) is 0.647. The number of ether oxygens (including phenoxy) is 1. The van der Waals surface area contributed by atoms with Crippen LogP contribution in [-0.4, -0.2) is 48.6 Å². The van der Waals surface area contributed by atoms with Gasteiger partial charge in [0.25, 0.3) is 0 Å². The molecule has 2 fully saturated rings.